The number of aliphatic hydroxyl groups excluding tert-OH is 1. The summed E-state index contributed by atoms with van der Waals surface area (Å²) in [6.07, 6.45) is 1.80. The van der Waals surface area contributed by atoms with E-state index in [0.717, 1.165) is 25.9 Å². The highest BCUT2D eigenvalue weighted by Gasteiger charge is 2.24. The molecule has 0 amide bonds. The zero-order chi connectivity index (χ0) is 16.4. The van der Waals surface area contributed by atoms with Gasteiger partial charge < -0.3 is 9.63 Å². The number of benzene rings is 1. The number of likely N-dealkylation sites (tertiary alicyclic amines) is 1. The zero-order valence-electron chi connectivity index (χ0n) is 13.5. The Bertz CT molecular complexity index is 672. The van der Waals surface area contributed by atoms with Crippen LogP contribution in [0.4, 0.5) is 4.39 Å². The molecule has 2 heterocycles. The second kappa shape index (κ2) is 6.76. The lowest BCUT2D eigenvalue weighted by Gasteiger charge is -2.33. The largest absolute Gasteiger partial charge is 0.393 e. The van der Waals surface area contributed by atoms with Gasteiger partial charge in [-0.05, 0) is 50.8 Å². The fourth-order valence-corrected chi connectivity index (χ4v) is 2.99. The SMILES string of the molecule is Cc1ccc(-c2noc(CN3CCCC(C(C)O)C3)n2)cc1F. The van der Waals surface area contributed by atoms with Crippen molar-refractivity contribution < 1.29 is 14.0 Å². The first-order chi connectivity index (χ1) is 11.0. The summed E-state index contributed by atoms with van der Waals surface area (Å²) >= 11 is 0. The molecule has 0 spiro atoms. The van der Waals surface area contributed by atoms with Gasteiger partial charge in [0.1, 0.15) is 5.82 Å². The third-order valence-corrected chi connectivity index (χ3v) is 4.48. The average molecular weight is 319 g/mol. The van der Waals surface area contributed by atoms with E-state index in [1.54, 1.807) is 19.1 Å². The molecule has 2 unspecified atom stereocenters. The van der Waals surface area contributed by atoms with E-state index >= 15 is 0 Å². The van der Waals surface area contributed by atoms with Gasteiger partial charge in [0.25, 0.3) is 0 Å². The first kappa shape index (κ1) is 16.1. The van der Waals surface area contributed by atoms with Crippen LogP contribution in [0.15, 0.2) is 22.7 Å². The van der Waals surface area contributed by atoms with Crippen LogP contribution >= 0.6 is 0 Å². The highest BCUT2D eigenvalue weighted by molar-refractivity contribution is 5.54. The minimum Gasteiger partial charge on any atom is -0.393 e. The third kappa shape index (κ3) is 3.76. The van der Waals surface area contributed by atoms with E-state index in [1.807, 2.05) is 6.92 Å². The van der Waals surface area contributed by atoms with E-state index in [4.69, 9.17) is 4.52 Å². The molecule has 1 fully saturated rings. The average Bonchev–Trinajstić information content (AvgIpc) is 2.99. The predicted molar refractivity (Wildman–Crippen MR) is 84.1 cm³/mol. The molecule has 0 saturated carbocycles. The zero-order valence-corrected chi connectivity index (χ0v) is 13.5. The van der Waals surface area contributed by atoms with Crippen molar-refractivity contribution in [3.8, 4) is 11.4 Å². The number of nitrogens with zero attached hydrogens (tertiary/aromatic N) is 3. The maximum absolute atomic E-state index is 13.6. The van der Waals surface area contributed by atoms with Gasteiger partial charge in [-0.2, -0.15) is 4.98 Å². The summed E-state index contributed by atoms with van der Waals surface area (Å²) in [6.45, 7) is 5.90. The van der Waals surface area contributed by atoms with Crippen molar-refractivity contribution >= 4 is 0 Å². The Morgan fingerprint density at radius 2 is 2.30 bits per heavy atom. The Labute approximate surface area is 135 Å². The van der Waals surface area contributed by atoms with E-state index in [-0.39, 0.29) is 17.8 Å². The van der Waals surface area contributed by atoms with Gasteiger partial charge in [0.05, 0.1) is 12.6 Å². The molecule has 1 saturated heterocycles. The molecule has 1 aromatic carbocycles. The van der Waals surface area contributed by atoms with Crippen molar-refractivity contribution in [1.29, 1.82) is 0 Å². The van der Waals surface area contributed by atoms with E-state index < -0.39 is 0 Å². The van der Waals surface area contributed by atoms with Gasteiger partial charge in [-0.1, -0.05) is 17.3 Å². The minimum absolute atomic E-state index is 0.273. The Morgan fingerprint density at radius 1 is 1.48 bits per heavy atom. The predicted octanol–water partition coefficient (Wildman–Crippen LogP) is 2.78. The van der Waals surface area contributed by atoms with Crippen LogP contribution in [-0.2, 0) is 6.54 Å². The fourth-order valence-electron chi connectivity index (χ4n) is 2.99. The molecule has 0 aliphatic carbocycles. The van der Waals surface area contributed by atoms with Crippen molar-refractivity contribution in [3.05, 3.63) is 35.5 Å². The van der Waals surface area contributed by atoms with Crippen LogP contribution in [-0.4, -0.2) is 39.3 Å². The van der Waals surface area contributed by atoms with Crippen LogP contribution in [0.1, 0.15) is 31.2 Å². The summed E-state index contributed by atoms with van der Waals surface area (Å²) in [4.78, 5) is 6.58. The number of halogens is 1. The quantitative estimate of drug-likeness (QED) is 0.939. The van der Waals surface area contributed by atoms with Gasteiger partial charge in [-0.15, -0.1) is 0 Å². The lowest BCUT2D eigenvalue weighted by Crippen LogP contribution is -2.39. The lowest BCUT2D eigenvalue weighted by atomic mass is 9.93. The van der Waals surface area contributed by atoms with Crippen molar-refractivity contribution in [2.45, 2.75) is 39.3 Å². The molecule has 1 aliphatic rings. The molecule has 2 atom stereocenters. The number of aromatic nitrogens is 2. The van der Waals surface area contributed by atoms with Crippen molar-refractivity contribution in [2.24, 2.45) is 5.92 Å². The van der Waals surface area contributed by atoms with Crippen molar-refractivity contribution in [1.82, 2.24) is 15.0 Å². The molecule has 0 bridgehead atoms. The second-order valence-corrected chi connectivity index (χ2v) is 6.35. The Morgan fingerprint density at radius 3 is 3.04 bits per heavy atom. The standard InChI is InChI=1S/C17H22FN3O2/c1-11-5-6-13(8-15(11)18)17-19-16(23-20-17)10-21-7-3-4-14(9-21)12(2)22/h5-6,8,12,14,22H,3-4,7,9-10H2,1-2H3. The van der Waals surface area contributed by atoms with Gasteiger partial charge in [0.15, 0.2) is 0 Å². The number of piperidine rings is 1. The molecule has 0 radical (unpaired) electrons. The van der Waals surface area contributed by atoms with Gasteiger partial charge in [0, 0.05) is 12.1 Å². The highest BCUT2D eigenvalue weighted by atomic mass is 19.1. The molecule has 5 nitrogen and oxygen atoms in total. The second-order valence-electron chi connectivity index (χ2n) is 6.35. The van der Waals surface area contributed by atoms with Gasteiger partial charge in [-0.3, -0.25) is 4.90 Å². The monoisotopic (exact) mass is 319 g/mol. The molecular formula is C17H22FN3O2. The Hall–Kier alpha value is -1.79. The summed E-state index contributed by atoms with van der Waals surface area (Å²) in [5.41, 5.74) is 1.21. The highest BCUT2D eigenvalue weighted by Crippen LogP contribution is 2.22. The van der Waals surface area contributed by atoms with Gasteiger partial charge >= 0.3 is 0 Å². The molecule has 124 valence electrons. The van der Waals surface area contributed by atoms with E-state index in [2.05, 4.69) is 15.0 Å². The van der Waals surface area contributed by atoms with Gasteiger partial charge in [0.2, 0.25) is 11.7 Å². The smallest absolute Gasteiger partial charge is 0.241 e. The number of aliphatic hydroxyl groups is 1. The number of rotatable bonds is 4. The molecule has 2 aromatic rings. The van der Waals surface area contributed by atoms with E-state index in [0.29, 0.717) is 29.4 Å². The molecule has 1 aliphatic heterocycles. The third-order valence-electron chi connectivity index (χ3n) is 4.48. The van der Waals surface area contributed by atoms with Crippen LogP contribution in [0, 0.1) is 18.7 Å². The Balaban J connectivity index is 1.68. The first-order valence-electron chi connectivity index (χ1n) is 8.02. The van der Waals surface area contributed by atoms with Crippen molar-refractivity contribution in [2.75, 3.05) is 13.1 Å². The fraction of sp³-hybridized carbons (Fsp3) is 0.529. The molecule has 3 rings (SSSR count). The lowest BCUT2D eigenvalue weighted by molar-refractivity contribution is 0.0556. The number of aryl methyl sites for hydroxylation is 1. The van der Waals surface area contributed by atoms with E-state index in [9.17, 15) is 9.50 Å². The molecular weight excluding hydrogens is 297 g/mol. The molecule has 1 N–H and O–H groups in total. The minimum atomic E-state index is -0.299. The molecule has 1 aromatic heterocycles. The summed E-state index contributed by atoms with van der Waals surface area (Å²) in [6, 6.07) is 4.92. The normalized spacial score (nSPS) is 20.6. The summed E-state index contributed by atoms with van der Waals surface area (Å²) in [5, 5.41) is 13.7. The molecule has 23 heavy (non-hydrogen) atoms. The maximum Gasteiger partial charge on any atom is 0.241 e. The topological polar surface area (TPSA) is 62.4 Å². The van der Waals surface area contributed by atoms with Crippen LogP contribution in [0.3, 0.4) is 0 Å². The number of hydrogen-bond acceptors (Lipinski definition) is 5. The summed E-state index contributed by atoms with van der Waals surface area (Å²) in [5.74, 6) is 0.942. The molecule has 6 heteroatoms. The first-order valence-corrected chi connectivity index (χ1v) is 8.02. The van der Waals surface area contributed by atoms with Gasteiger partial charge in [-0.25, -0.2) is 4.39 Å². The maximum atomic E-state index is 13.6. The van der Waals surface area contributed by atoms with Crippen LogP contribution < -0.4 is 0 Å². The van der Waals surface area contributed by atoms with Crippen LogP contribution in [0.25, 0.3) is 11.4 Å². The number of hydrogen-bond donors (Lipinski definition) is 1. The Kier molecular flexibility index (Phi) is 4.73. The van der Waals surface area contributed by atoms with Crippen molar-refractivity contribution in [3.63, 3.8) is 0 Å². The van der Waals surface area contributed by atoms with Crippen LogP contribution in [0.2, 0.25) is 0 Å². The summed E-state index contributed by atoms with van der Waals surface area (Å²) in [7, 11) is 0. The summed E-state index contributed by atoms with van der Waals surface area (Å²) < 4.78 is 18.9. The van der Waals surface area contributed by atoms with E-state index in [1.165, 1.54) is 6.07 Å². The van der Waals surface area contributed by atoms with Crippen LogP contribution in [0.5, 0.6) is 0 Å².